The van der Waals surface area contributed by atoms with Gasteiger partial charge in [0.15, 0.2) is 0 Å². The molecule has 2 atom stereocenters. The second kappa shape index (κ2) is 6.65. The smallest absolute Gasteiger partial charge is 0.307 e. The summed E-state index contributed by atoms with van der Waals surface area (Å²) in [4.78, 5) is 11.0. The van der Waals surface area contributed by atoms with Crippen LogP contribution in [0.4, 0.5) is 0 Å². The molecule has 1 aliphatic rings. The minimum atomic E-state index is -3.63. The summed E-state index contributed by atoms with van der Waals surface area (Å²) < 4.78 is 32.2. The lowest BCUT2D eigenvalue weighted by atomic mass is 10.0. The molecule has 0 radical (unpaired) electrons. The Hall–Kier alpha value is -0.700. The summed E-state index contributed by atoms with van der Waals surface area (Å²) in [5.41, 5.74) is 0. The van der Waals surface area contributed by atoms with Crippen molar-refractivity contribution < 1.29 is 23.1 Å². The van der Waals surface area contributed by atoms with Crippen molar-refractivity contribution in [3.8, 4) is 0 Å². The molecule has 8 heteroatoms. The lowest BCUT2D eigenvalue weighted by Crippen LogP contribution is -2.51. The quantitative estimate of drug-likeness (QED) is 0.745. The second-order valence-electron chi connectivity index (χ2n) is 4.86. The second-order valence-corrected chi connectivity index (χ2v) is 6.85. The fourth-order valence-corrected chi connectivity index (χ4v) is 3.72. The van der Waals surface area contributed by atoms with Gasteiger partial charge in [-0.2, -0.15) is 17.0 Å². The zero-order valence-electron chi connectivity index (χ0n) is 11.6. The highest BCUT2D eigenvalue weighted by Crippen LogP contribution is 2.21. The summed E-state index contributed by atoms with van der Waals surface area (Å²) in [6, 6.07) is -0.291. The average molecular weight is 294 g/mol. The fraction of sp³-hybridized carbons (Fsp3) is 0.909. The Labute approximate surface area is 114 Å². The van der Waals surface area contributed by atoms with Crippen molar-refractivity contribution in [2.45, 2.75) is 25.8 Å². The van der Waals surface area contributed by atoms with Crippen LogP contribution in [0, 0.1) is 5.92 Å². The molecular formula is C11H22N2O5S. The molecule has 1 N–H and O–H groups in total. The number of carbonyl (C=O) groups is 1. The lowest BCUT2D eigenvalue weighted by molar-refractivity contribution is -0.142. The van der Waals surface area contributed by atoms with Crippen LogP contribution in [0.15, 0.2) is 0 Å². The van der Waals surface area contributed by atoms with Crippen molar-refractivity contribution in [2.75, 3.05) is 33.9 Å². The van der Waals surface area contributed by atoms with E-state index in [2.05, 4.69) is 0 Å². The molecule has 0 saturated carbocycles. The van der Waals surface area contributed by atoms with E-state index in [0.29, 0.717) is 26.0 Å². The van der Waals surface area contributed by atoms with Crippen molar-refractivity contribution in [1.29, 1.82) is 0 Å². The van der Waals surface area contributed by atoms with Crippen LogP contribution < -0.4 is 0 Å². The molecule has 7 nitrogen and oxygen atoms in total. The van der Waals surface area contributed by atoms with Crippen molar-refractivity contribution in [3.05, 3.63) is 0 Å². The van der Waals surface area contributed by atoms with Gasteiger partial charge in [-0.05, 0) is 19.8 Å². The molecule has 1 fully saturated rings. The Morgan fingerprint density at radius 2 is 2.21 bits per heavy atom. The summed E-state index contributed by atoms with van der Waals surface area (Å²) in [5, 5.41) is 9.00. The summed E-state index contributed by atoms with van der Waals surface area (Å²) in [5.74, 6) is -1.55. The first-order valence-corrected chi connectivity index (χ1v) is 7.65. The van der Waals surface area contributed by atoms with Crippen molar-refractivity contribution >= 4 is 16.2 Å². The van der Waals surface area contributed by atoms with Gasteiger partial charge in [-0.3, -0.25) is 4.79 Å². The van der Waals surface area contributed by atoms with Gasteiger partial charge in [0.1, 0.15) is 0 Å². The predicted molar refractivity (Wildman–Crippen MR) is 70.0 cm³/mol. The Bertz CT molecular complexity index is 411. The number of carboxylic acid groups (broad SMARTS) is 1. The van der Waals surface area contributed by atoms with Crippen LogP contribution in [0.2, 0.25) is 0 Å². The molecule has 0 spiro atoms. The Morgan fingerprint density at radius 1 is 1.58 bits per heavy atom. The molecule has 1 saturated heterocycles. The Morgan fingerprint density at radius 3 is 2.74 bits per heavy atom. The zero-order valence-corrected chi connectivity index (χ0v) is 12.4. The maximum Gasteiger partial charge on any atom is 0.307 e. The number of rotatable bonds is 6. The first-order valence-electron chi connectivity index (χ1n) is 6.25. The minimum Gasteiger partial charge on any atom is -0.481 e. The van der Waals surface area contributed by atoms with Crippen LogP contribution in [0.1, 0.15) is 19.8 Å². The normalized spacial score (nSPS) is 23.5. The van der Waals surface area contributed by atoms with E-state index in [1.807, 2.05) is 0 Å². The van der Waals surface area contributed by atoms with Crippen LogP contribution in [-0.2, 0) is 19.7 Å². The zero-order chi connectivity index (χ0) is 14.6. The molecule has 2 unspecified atom stereocenters. The molecule has 0 aromatic rings. The third-order valence-corrected chi connectivity index (χ3v) is 5.52. The van der Waals surface area contributed by atoms with E-state index in [0.717, 1.165) is 0 Å². The van der Waals surface area contributed by atoms with Gasteiger partial charge in [0.2, 0.25) is 0 Å². The number of hydrogen-bond donors (Lipinski definition) is 1. The lowest BCUT2D eigenvalue weighted by Gasteiger charge is -2.34. The molecule has 0 aliphatic carbocycles. The van der Waals surface area contributed by atoms with E-state index in [1.165, 1.54) is 22.8 Å². The third-order valence-electron chi connectivity index (χ3n) is 3.45. The molecule has 1 heterocycles. The van der Waals surface area contributed by atoms with Crippen LogP contribution in [-0.4, -0.2) is 68.0 Å². The SMILES string of the molecule is COCC(C)N(C)S(=O)(=O)N1CCCC(C(=O)O)C1. The van der Waals surface area contributed by atoms with Crippen LogP contribution in [0.3, 0.4) is 0 Å². The average Bonchev–Trinajstić information content (AvgIpc) is 2.38. The van der Waals surface area contributed by atoms with Gasteiger partial charge >= 0.3 is 5.97 Å². The van der Waals surface area contributed by atoms with Crippen LogP contribution >= 0.6 is 0 Å². The van der Waals surface area contributed by atoms with Gasteiger partial charge in [-0.25, -0.2) is 0 Å². The number of piperidine rings is 1. The molecule has 1 rings (SSSR count). The topological polar surface area (TPSA) is 87.2 Å². The summed E-state index contributed by atoms with van der Waals surface area (Å²) in [7, 11) is -0.625. The highest BCUT2D eigenvalue weighted by atomic mass is 32.2. The molecule has 1 aliphatic heterocycles. The predicted octanol–water partition coefficient (Wildman–Crippen LogP) is -0.00550. The van der Waals surface area contributed by atoms with E-state index < -0.39 is 22.1 Å². The number of aliphatic carboxylic acids is 1. The number of carboxylic acids is 1. The van der Waals surface area contributed by atoms with Gasteiger partial charge in [-0.15, -0.1) is 0 Å². The van der Waals surface area contributed by atoms with E-state index in [4.69, 9.17) is 9.84 Å². The van der Waals surface area contributed by atoms with Crippen molar-refractivity contribution in [3.63, 3.8) is 0 Å². The van der Waals surface area contributed by atoms with Crippen LogP contribution in [0.5, 0.6) is 0 Å². The van der Waals surface area contributed by atoms with Crippen molar-refractivity contribution in [2.24, 2.45) is 5.92 Å². The number of ether oxygens (including phenoxy) is 1. The Kier molecular flexibility index (Phi) is 5.72. The number of methoxy groups -OCH3 is 1. The highest BCUT2D eigenvalue weighted by molar-refractivity contribution is 7.86. The molecule has 19 heavy (non-hydrogen) atoms. The third kappa shape index (κ3) is 3.88. The van der Waals surface area contributed by atoms with Gasteiger partial charge in [0, 0.05) is 33.3 Å². The summed E-state index contributed by atoms with van der Waals surface area (Å²) in [6.07, 6.45) is 1.10. The first kappa shape index (κ1) is 16.4. The van der Waals surface area contributed by atoms with E-state index >= 15 is 0 Å². The standard InChI is InChI=1S/C11H22N2O5S/c1-9(8-18-3)12(2)19(16,17)13-6-4-5-10(7-13)11(14)15/h9-10H,4-8H2,1-3H3,(H,14,15). The van der Waals surface area contributed by atoms with Crippen LogP contribution in [0.25, 0.3) is 0 Å². The first-order chi connectivity index (χ1) is 8.80. The molecule has 0 aromatic carbocycles. The minimum absolute atomic E-state index is 0.0434. The molecule has 0 bridgehead atoms. The Balaban J connectivity index is 2.79. The largest absolute Gasteiger partial charge is 0.481 e. The summed E-state index contributed by atoms with van der Waals surface area (Å²) in [6.45, 7) is 2.46. The monoisotopic (exact) mass is 294 g/mol. The van der Waals surface area contributed by atoms with E-state index in [9.17, 15) is 13.2 Å². The highest BCUT2D eigenvalue weighted by Gasteiger charge is 2.35. The number of likely N-dealkylation sites (N-methyl/N-ethyl adjacent to an activating group) is 1. The molecule has 112 valence electrons. The fourth-order valence-electron chi connectivity index (χ4n) is 2.11. The molecular weight excluding hydrogens is 272 g/mol. The van der Waals surface area contributed by atoms with Gasteiger partial charge in [0.25, 0.3) is 10.2 Å². The van der Waals surface area contributed by atoms with Crippen molar-refractivity contribution in [1.82, 2.24) is 8.61 Å². The van der Waals surface area contributed by atoms with E-state index in [-0.39, 0.29) is 12.6 Å². The molecule has 0 amide bonds. The van der Waals surface area contributed by atoms with Gasteiger partial charge in [-0.1, -0.05) is 0 Å². The molecule has 0 aromatic heterocycles. The summed E-state index contributed by atoms with van der Waals surface area (Å²) >= 11 is 0. The van der Waals surface area contributed by atoms with Gasteiger partial charge in [0.05, 0.1) is 12.5 Å². The number of hydrogen-bond acceptors (Lipinski definition) is 4. The van der Waals surface area contributed by atoms with E-state index in [1.54, 1.807) is 6.92 Å². The van der Waals surface area contributed by atoms with Gasteiger partial charge < -0.3 is 9.84 Å². The maximum atomic E-state index is 12.4. The maximum absolute atomic E-state index is 12.4. The number of nitrogens with zero attached hydrogens (tertiary/aromatic N) is 2.